The van der Waals surface area contributed by atoms with Crippen LogP contribution >= 0.6 is 0 Å². The fraction of sp³-hybridized carbons (Fsp3) is 0.562. The zero-order chi connectivity index (χ0) is 16.9. The van der Waals surface area contributed by atoms with E-state index < -0.39 is 6.04 Å². The van der Waals surface area contributed by atoms with Crippen LogP contribution in [0.25, 0.3) is 0 Å². The van der Waals surface area contributed by atoms with Crippen LogP contribution in [0.2, 0.25) is 0 Å². The normalized spacial score (nSPS) is 11.7. The molecule has 0 fully saturated rings. The Morgan fingerprint density at radius 1 is 1.22 bits per heavy atom. The van der Waals surface area contributed by atoms with E-state index in [4.69, 9.17) is 5.73 Å². The van der Waals surface area contributed by atoms with E-state index in [2.05, 4.69) is 27.9 Å². The molecule has 0 saturated heterocycles. The molecule has 0 aliphatic heterocycles. The van der Waals surface area contributed by atoms with Crippen molar-refractivity contribution in [3.63, 3.8) is 0 Å². The number of nitrogens with one attached hydrogen (secondary N) is 3. The van der Waals surface area contributed by atoms with Gasteiger partial charge in [-0.2, -0.15) is 0 Å². The highest BCUT2D eigenvalue weighted by Crippen LogP contribution is 2.02. The highest BCUT2D eigenvalue weighted by molar-refractivity contribution is 5.88. The molecule has 1 unspecified atom stereocenters. The van der Waals surface area contributed by atoms with Crippen LogP contribution in [0, 0.1) is 0 Å². The van der Waals surface area contributed by atoms with Crippen LogP contribution in [-0.2, 0) is 16.0 Å². The van der Waals surface area contributed by atoms with Crippen molar-refractivity contribution < 1.29 is 9.59 Å². The molecule has 23 heavy (non-hydrogen) atoms. The second kappa shape index (κ2) is 11.6. The summed E-state index contributed by atoms with van der Waals surface area (Å²) in [7, 11) is 0. The van der Waals surface area contributed by atoms with Crippen molar-refractivity contribution in [2.45, 2.75) is 32.2 Å². The number of aromatic nitrogens is 1. The molecule has 0 saturated carbocycles. The minimum atomic E-state index is -0.635. The van der Waals surface area contributed by atoms with Gasteiger partial charge < -0.3 is 21.7 Å². The largest absolute Gasteiger partial charge is 0.353 e. The predicted molar refractivity (Wildman–Crippen MR) is 89.7 cm³/mol. The third-order valence-corrected chi connectivity index (χ3v) is 3.33. The van der Waals surface area contributed by atoms with Gasteiger partial charge in [0.15, 0.2) is 0 Å². The number of pyridine rings is 1. The molecule has 1 atom stereocenters. The van der Waals surface area contributed by atoms with Crippen LogP contribution in [0.3, 0.4) is 0 Å². The number of carbonyl (C=O) groups is 2. The van der Waals surface area contributed by atoms with Crippen molar-refractivity contribution in [3.8, 4) is 0 Å². The standard InChI is InChI=1S/C16H27N5O2/c1-2-3-6-18-9-10-20-16(23)14(21-15(22)12-17)11-13-4-7-19-8-5-13/h4-5,7-8,14,18H,2-3,6,9-12,17H2,1H3,(H,20,23)(H,21,22). The molecule has 128 valence electrons. The molecule has 1 aromatic heterocycles. The van der Waals surface area contributed by atoms with Crippen LogP contribution in [0.1, 0.15) is 25.3 Å². The fourth-order valence-electron chi connectivity index (χ4n) is 2.04. The second-order valence-corrected chi connectivity index (χ2v) is 5.28. The maximum atomic E-state index is 12.3. The van der Waals surface area contributed by atoms with Gasteiger partial charge in [-0.25, -0.2) is 0 Å². The van der Waals surface area contributed by atoms with Crippen molar-refractivity contribution in [1.29, 1.82) is 0 Å². The van der Waals surface area contributed by atoms with Crippen molar-refractivity contribution in [3.05, 3.63) is 30.1 Å². The lowest BCUT2D eigenvalue weighted by molar-refractivity contribution is -0.128. The average molecular weight is 321 g/mol. The lowest BCUT2D eigenvalue weighted by Gasteiger charge is -2.18. The first-order chi connectivity index (χ1) is 11.2. The molecular formula is C16H27N5O2. The minimum absolute atomic E-state index is 0.140. The zero-order valence-corrected chi connectivity index (χ0v) is 13.7. The predicted octanol–water partition coefficient (Wildman–Crippen LogP) is -0.426. The highest BCUT2D eigenvalue weighted by Gasteiger charge is 2.20. The Morgan fingerprint density at radius 3 is 2.61 bits per heavy atom. The van der Waals surface area contributed by atoms with Crippen LogP contribution < -0.4 is 21.7 Å². The van der Waals surface area contributed by atoms with E-state index >= 15 is 0 Å². The molecule has 2 amide bonds. The molecule has 7 heteroatoms. The number of nitrogens with zero attached hydrogens (tertiary/aromatic N) is 1. The van der Waals surface area contributed by atoms with Gasteiger partial charge in [0.1, 0.15) is 6.04 Å². The summed E-state index contributed by atoms with van der Waals surface area (Å²) in [6.07, 6.45) is 5.98. The average Bonchev–Trinajstić information content (AvgIpc) is 2.58. The first-order valence-electron chi connectivity index (χ1n) is 8.04. The molecule has 0 radical (unpaired) electrons. The quantitative estimate of drug-likeness (QED) is 0.414. The molecular weight excluding hydrogens is 294 g/mol. The Labute approximate surface area is 137 Å². The van der Waals surface area contributed by atoms with E-state index in [1.807, 2.05) is 12.1 Å². The SMILES string of the molecule is CCCCNCCNC(=O)C(Cc1ccncc1)NC(=O)CN. The molecule has 0 bridgehead atoms. The van der Waals surface area contributed by atoms with E-state index in [1.165, 1.54) is 0 Å². The molecule has 5 N–H and O–H groups in total. The van der Waals surface area contributed by atoms with E-state index in [9.17, 15) is 9.59 Å². The number of rotatable bonds is 11. The van der Waals surface area contributed by atoms with Gasteiger partial charge in [-0.3, -0.25) is 14.6 Å². The molecule has 1 aromatic rings. The van der Waals surface area contributed by atoms with Gasteiger partial charge in [-0.1, -0.05) is 13.3 Å². The zero-order valence-electron chi connectivity index (χ0n) is 13.7. The molecule has 0 aliphatic rings. The van der Waals surface area contributed by atoms with E-state index in [1.54, 1.807) is 12.4 Å². The summed E-state index contributed by atoms with van der Waals surface area (Å²) in [5.41, 5.74) is 6.25. The van der Waals surface area contributed by atoms with E-state index in [-0.39, 0.29) is 18.4 Å². The maximum absolute atomic E-state index is 12.3. The van der Waals surface area contributed by atoms with Crippen LogP contribution in [-0.4, -0.2) is 49.0 Å². The Morgan fingerprint density at radius 2 is 1.96 bits per heavy atom. The molecule has 7 nitrogen and oxygen atoms in total. The summed E-state index contributed by atoms with van der Waals surface area (Å²) in [6.45, 7) is 4.16. The highest BCUT2D eigenvalue weighted by atomic mass is 16.2. The van der Waals surface area contributed by atoms with E-state index in [0.717, 1.165) is 24.9 Å². The number of carbonyl (C=O) groups excluding carboxylic acids is 2. The first kappa shape index (κ1) is 19.1. The number of unbranched alkanes of at least 4 members (excludes halogenated alkanes) is 1. The fourth-order valence-corrected chi connectivity index (χ4v) is 2.04. The Hall–Kier alpha value is -1.99. The topological polar surface area (TPSA) is 109 Å². The van der Waals surface area contributed by atoms with Crippen molar-refractivity contribution in [1.82, 2.24) is 20.9 Å². The summed E-state index contributed by atoms with van der Waals surface area (Å²) in [5.74, 6) is -0.554. The summed E-state index contributed by atoms with van der Waals surface area (Å²) in [4.78, 5) is 27.7. The van der Waals surface area contributed by atoms with Crippen molar-refractivity contribution in [2.24, 2.45) is 5.73 Å². The van der Waals surface area contributed by atoms with Gasteiger partial charge in [-0.15, -0.1) is 0 Å². The molecule has 1 heterocycles. The molecule has 1 rings (SSSR count). The Balaban J connectivity index is 2.47. The van der Waals surface area contributed by atoms with E-state index in [0.29, 0.717) is 19.5 Å². The van der Waals surface area contributed by atoms with Crippen LogP contribution in [0.4, 0.5) is 0 Å². The first-order valence-corrected chi connectivity index (χ1v) is 8.04. The summed E-state index contributed by atoms with van der Waals surface area (Å²) < 4.78 is 0. The van der Waals surface area contributed by atoms with Gasteiger partial charge >= 0.3 is 0 Å². The third kappa shape index (κ3) is 8.27. The van der Waals surface area contributed by atoms with Crippen molar-refractivity contribution >= 4 is 11.8 Å². The smallest absolute Gasteiger partial charge is 0.242 e. The van der Waals surface area contributed by atoms with Gasteiger partial charge in [0.2, 0.25) is 11.8 Å². The van der Waals surface area contributed by atoms with Gasteiger partial charge in [0.25, 0.3) is 0 Å². The lowest BCUT2D eigenvalue weighted by atomic mass is 10.1. The summed E-state index contributed by atoms with van der Waals surface area (Å²) >= 11 is 0. The maximum Gasteiger partial charge on any atom is 0.242 e. The number of hydrogen-bond acceptors (Lipinski definition) is 5. The van der Waals surface area contributed by atoms with Gasteiger partial charge in [-0.05, 0) is 30.7 Å². The van der Waals surface area contributed by atoms with Gasteiger partial charge in [0, 0.05) is 31.9 Å². The molecule has 0 aromatic carbocycles. The Bertz CT molecular complexity index is 467. The monoisotopic (exact) mass is 321 g/mol. The lowest BCUT2D eigenvalue weighted by Crippen LogP contribution is -2.50. The Kier molecular flexibility index (Phi) is 9.58. The van der Waals surface area contributed by atoms with Crippen LogP contribution in [0.15, 0.2) is 24.5 Å². The summed E-state index contributed by atoms with van der Waals surface area (Å²) in [6, 6.07) is 3.01. The third-order valence-electron chi connectivity index (χ3n) is 3.33. The summed E-state index contributed by atoms with van der Waals surface area (Å²) in [5, 5.41) is 8.75. The number of amides is 2. The molecule has 0 spiro atoms. The van der Waals surface area contributed by atoms with Gasteiger partial charge in [0.05, 0.1) is 6.54 Å². The molecule has 0 aliphatic carbocycles. The number of nitrogens with two attached hydrogens (primary N) is 1. The minimum Gasteiger partial charge on any atom is -0.353 e. The van der Waals surface area contributed by atoms with Crippen molar-refractivity contribution in [2.75, 3.05) is 26.2 Å². The number of hydrogen-bond donors (Lipinski definition) is 4. The van der Waals surface area contributed by atoms with Crippen LogP contribution in [0.5, 0.6) is 0 Å². The second-order valence-electron chi connectivity index (χ2n) is 5.28.